The Balaban J connectivity index is 1.66. The van der Waals surface area contributed by atoms with Gasteiger partial charge in [-0.25, -0.2) is 0 Å². The van der Waals surface area contributed by atoms with Gasteiger partial charge in [-0.05, 0) is 55.0 Å². The van der Waals surface area contributed by atoms with Crippen LogP contribution in [-0.2, 0) is 12.8 Å². The maximum absolute atomic E-state index is 4.08. The molecule has 0 saturated heterocycles. The Hall–Kier alpha value is -1.67. The van der Waals surface area contributed by atoms with E-state index in [0.717, 1.165) is 6.42 Å². The van der Waals surface area contributed by atoms with Gasteiger partial charge in [-0.1, -0.05) is 24.3 Å². The number of benzene rings is 1. The summed E-state index contributed by atoms with van der Waals surface area (Å²) >= 11 is 0. The summed E-state index contributed by atoms with van der Waals surface area (Å²) in [6.07, 6.45) is 7.29. The second-order valence-corrected chi connectivity index (χ2v) is 5.38. The van der Waals surface area contributed by atoms with Gasteiger partial charge in [0.25, 0.3) is 0 Å². The Bertz CT molecular complexity index is 536. The van der Waals surface area contributed by atoms with Crippen LogP contribution in [0.3, 0.4) is 0 Å². The van der Waals surface area contributed by atoms with Crippen LogP contribution in [0.1, 0.15) is 36.1 Å². The summed E-state index contributed by atoms with van der Waals surface area (Å²) in [6, 6.07) is 14.0. The van der Waals surface area contributed by atoms with Crippen molar-refractivity contribution in [3.63, 3.8) is 0 Å². The number of nitrogens with one attached hydrogen (secondary N) is 1. The van der Waals surface area contributed by atoms with Crippen molar-refractivity contribution >= 4 is 0 Å². The summed E-state index contributed by atoms with van der Waals surface area (Å²) in [5, 5.41) is 3.75. The van der Waals surface area contributed by atoms with Crippen LogP contribution in [0.15, 0.2) is 48.8 Å². The summed E-state index contributed by atoms with van der Waals surface area (Å²) in [6.45, 7) is 2.23. The number of hydrogen-bond donors (Lipinski definition) is 1. The minimum atomic E-state index is 0.387. The summed E-state index contributed by atoms with van der Waals surface area (Å²) in [7, 11) is 0. The molecule has 2 heteroatoms. The largest absolute Gasteiger partial charge is 0.307 e. The van der Waals surface area contributed by atoms with Gasteiger partial charge in [0.1, 0.15) is 0 Å². The Morgan fingerprint density at radius 2 is 1.84 bits per heavy atom. The van der Waals surface area contributed by atoms with Gasteiger partial charge in [0.2, 0.25) is 0 Å². The lowest BCUT2D eigenvalue weighted by atomic mass is 9.88. The Labute approximate surface area is 114 Å². The van der Waals surface area contributed by atoms with Crippen LogP contribution < -0.4 is 5.32 Å². The molecule has 19 heavy (non-hydrogen) atoms. The molecule has 1 aromatic heterocycles. The quantitative estimate of drug-likeness (QED) is 0.906. The SMILES string of the molecule is C[C@@H](NC1CCc2ccccc2C1)c1ccncc1. The van der Waals surface area contributed by atoms with Gasteiger partial charge in [-0.2, -0.15) is 0 Å². The molecule has 0 radical (unpaired) electrons. The van der Waals surface area contributed by atoms with Crippen molar-refractivity contribution in [2.45, 2.75) is 38.3 Å². The molecule has 1 aliphatic rings. The summed E-state index contributed by atoms with van der Waals surface area (Å²) in [5.74, 6) is 0. The fourth-order valence-corrected chi connectivity index (χ4v) is 2.94. The van der Waals surface area contributed by atoms with Gasteiger partial charge < -0.3 is 5.32 Å². The van der Waals surface area contributed by atoms with E-state index in [0.29, 0.717) is 12.1 Å². The molecule has 2 nitrogen and oxygen atoms in total. The molecular weight excluding hydrogens is 232 g/mol. The van der Waals surface area contributed by atoms with E-state index in [2.05, 4.69) is 53.6 Å². The minimum Gasteiger partial charge on any atom is -0.307 e. The molecule has 0 amide bonds. The fraction of sp³-hybridized carbons (Fsp3) is 0.353. The van der Waals surface area contributed by atoms with Crippen molar-refractivity contribution in [2.75, 3.05) is 0 Å². The third-order valence-electron chi connectivity index (χ3n) is 4.04. The lowest BCUT2D eigenvalue weighted by Crippen LogP contribution is -2.36. The van der Waals surface area contributed by atoms with Crippen molar-refractivity contribution in [1.82, 2.24) is 10.3 Å². The van der Waals surface area contributed by atoms with Gasteiger partial charge in [-0.3, -0.25) is 4.98 Å². The topological polar surface area (TPSA) is 24.9 Å². The van der Waals surface area contributed by atoms with Gasteiger partial charge >= 0.3 is 0 Å². The van der Waals surface area contributed by atoms with Crippen LogP contribution in [0.25, 0.3) is 0 Å². The summed E-state index contributed by atoms with van der Waals surface area (Å²) in [5.41, 5.74) is 4.35. The molecule has 2 atom stereocenters. The number of rotatable bonds is 3. The first-order valence-corrected chi connectivity index (χ1v) is 7.05. The zero-order valence-electron chi connectivity index (χ0n) is 11.3. The molecule has 1 aromatic carbocycles. The number of hydrogen-bond acceptors (Lipinski definition) is 2. The first-order valence-electron chi connectivity index (χ1n) is 7.05. The van der Waals surface area contributed by atoms with Gasteiger partial charge in [-0.15, -0.1) is 0 Å². The Morgan fingerprint density at radius 3 is 2.63 bits per heavy atom. The van der Waals surface area contributed by atoms with Crippen LogP contribution in [0.4, 0.5) is 0 Å². The van der Waals surface area contributed by atoms with E-state index in [-0.39, 0.29) is 0 Å². The van der Waals surface area contributed by atoms with Crippen molar-refractivity contribution in [2.24, 2.45) is 0 Å². The minimum absolute atomic E-state index is 0.387. The van der Waals surface area contributed by atoms with E-state index in [9.17, 15) is 0 Å². The molecule has 0 saturated carbocycles. The summed E-state index contributed by atoms with van der Waals surface area (Å²) < 4.78 is 0. The maximum atomic E-state index is 4.08. The lowest BCUT2D eigenvalue weighted by Gasteiger charge is -2.28. The molecule has 1 heterocycles. The average Bonchev–Trinajstić information content (AvgIpc) is 2.48. The standard InChI is InChI=1S/C17H20N2/c1-13(14-8-10-18-11-9-14)19-17-7-6-15-4-2-3-5-16(15)12-17/h2-5,8-11,13,17,19H,6-7,12H2,1H3/t13-,17?/m1/s1. The van der Waals surface area contributed by atoms with Crippen molar-refractivity contribution < 1.29 is 0 Å². The van der Waals surface area contributed by atoms with Crippen LogP contribution in [0.2, 0.25) is 0 Å². The van der Waals surface area contributed by atoms with Crippen molar-refractivity contribution in [1.29, 1.82) is 0 Å². The first-order chi connectivity index (χ1) is 9.33. The predicted molar refractivity (Wildman–Crippen MR) is 78.0 cm³/mol. The first kappa shape index (κ1) is 12.4. The number of aryl methyl sites for hydroxylation is 1. The highest BCUT2D eigenvalue weighted by Gasteiger charge is 2.19. The average molecular weight is 252 g/mol. The molecule has 1 unspecified atom stereocenters. The normalized spacial score (nSPS) is 19.7. The number of fused-ring (bicyclic) bond motifs is 1. The highest BCUT2D eigenvalue weighted by molar-refractivity contribution is 5.30. The molecule has 0 spiro atoms. The Morgan fingerprint density at radius 1 is 1.11 bits per heavy atom. The van der Waals surface area contributed by atoms with Crippen molar-refractivity contribution in [3.8, 4) is 0 Å². The van der Waals surface area contributed by atoms with Gasteiger partial charge in [0.15, 0.2) is 0 Å². The smallest absolute Gasteiger partial charge is 0.0295 e. The third kappa shape index (κ3) is 2.85. The molecular formula is C17H20N2. The second kappa shape index (κ2) is 5.54. The molecule has 1 N–H and O–H groups in total. The highest BCUT2D eigenvalue weighted by Crippen LogP contribution is 2.23. The molecule has 2 aromatic rings. The molecule has 0 bridgehead atoms. The maximum Gasteiger partial charge on any atom is 0.0295 e. The van der Waals surface area contributed by atoms with Crippen LogP contribution >= 0.6 is 0 Å². The number of nitrogens with zero attached hydrogens (tertiary/aromatic N) is 1. The monoisotopic (exact) mass is 252 g/mol. The van der Waals surface area contributed by atoms with Gasteiger partial charge in [0, 0.05) is 24.5 Å². The van der Waals surface area contributed by atoms with E-state index in [1.54, 1.807) is 0 Å². The molecule has 98 valence electrons. The predicted octanol–water partition coefficient (Wildman–Crippen LogP) is 3.29. The fourth-order valence-electron chi connectivity index (χ4n) is 2.94. The van der Waals surface area contributed by atoms with Gasteiger partial charge in [0.05, 0.1) is 0 Å². The lowest BCUT2D eigenvalue weighted by molar-refractivity contribution is 0.413. The second-order valence-electron chi connectivity index (χ2n) is 5.38. The van der Waals surface area contributed by atoms with E-state index in [1.165, 1.54) is 29.5 Å². The van der Waals surface area contributed by atoms with Crippen LogP contribution in [0, 0.1) is 0 Å². The number of aromatic nitrogens is 1. The van der Waals surface area contributed by atoms with Crippen LogP contribution in [0.5, 0.6) is 0 Å². The summed E-state index contributed by atoms with van der Waals surface area (Å²) in [4.78, 5) is 4.08. The molecule has 3 rings (SSSR count). The van der Waals surface area contributed by atoms with E-state index in [1.807, 2.05) is 12.4 Å². The zero-order valence-corrected chi connectivity index (χ0v) is 11.3. The third-order valence-corrected chi connectivity index (χ3v) is 4.04. The van der Waals surface area contributed by atoms with E-state index in [4.69, 9.17) is 0 Å². The molecule has 0 fully saturated rings. The Kier molecular flexibility index (Phi) is 3.60. The van der Waals surface area contributed by atoms with Crippen LogP contribution in [-0.4, -0.2) is 11.0 Å². The zero-order chi connectivity index (χ0) is 13.1. The van der Waals surface area contributed by atoms with E-state index < -0.39 is 0 Å². The number of pyridine rings is 1. The molecule has 0 aliphatic heterocycles. The van der Waals surface area contributed by atoms with E-state index >= 15 is 0 Å². The molecule has 1 aliphatic carbocycles. The van der Waals surface area contributed by atoms with Crippen molar-refractivity contribution in [3.05, 3.63) is 65.5 Å². The highest BCUT2D eigenvalue weighted by atomic mass is 14.9.